The first-order chi connectivity index (χ1) is 9.31. The van der Waals surface area contributed by atoms with Crippen LogP contribution >= 0.6 is 22.9 Å². The minimum absolute atomic E-state index is 0.0843. The number of thiophene rings is 1. The Balaban J connectivity index is 1.92. The molecule has 0 spiro atoms. The van der Waals surface area contributed by atoms with Crippen LogP contribution in [0.15, 0.2) is 16.3 Å². The SMILES string of the molecule is O=S(=O)(NCCS(=O)(=O)N1CCCC1)c1ccc(Cl)s1. The number of hydrogen-bond donors (Lipinski definition) is 1. The average Bonchev–Trinajstić information content (AvgIpc) is 2.98. The summed E-state index contributed by atoms with van der Waals surface area (Å²) in [5.74, 6) is -0.231. The number of halogens is 1. The highest BCUT2D eigenvalue weighted by atomic mass is 35.5. The van der Waals surface area contributed by atoms with Gasteiger partial charge in [0.15, 0.2) is 0 Å². The summed E-state index contributed by atoms with van der Waals surface area (Å²) in [6.45, 7) is 0.905. The number of sulfonamides is 2. The van der Waals surface area contributed by atoms with Crippen LogP contribution in [0.25, 0.3) is 0 Å². The van der Waals surface area contributed by atoms with Gasteiger partial charge in [-0.1, -0.05) is 11.6 Å². The van der Waals surface area contributed by atoms with E-state index in [1.807, 2.05) is 0 Å². The standard InChI is InChI=1S/C10H15ClN2O4S3/c11-9-3-4-10(18-9)20(16,17)12-5-8-19(14,15)13-6-1-2-7-13/h3-4,12H,1-2,5-8H2. The normalized spacial score (nSPS) is 17.6. The molecule has 0 aliphatic carbocycles. The highest BCUT2D eigenvalue weighted by Crippen LogP contribution is 2.25. The zero-order valence-corrected chi connectivity index (χ0v) is 13.8. The third-order valence-corrected chi connectivity index (χ3v) is 7.98. The van der Waals surface area contributed by atoms with Gasteiger partial charge in [-0.2, -0.15) is 0 Å². The van der Waals surface area contributed by atoms with Crippen molar-refractivity contribution in [1.82, 2.24) is 9.03 Å². The van der Waals surface area contributed by atoms with Crippen LogP contribution in [0, 0.1) is 0 Å². The molecule has 0 atom stereocenters. The molecule has 0 radical (unpaired) electrons. The summed E-state index contributed by atoms with van der Waals surface area (Å²) in [7, 11) is -7.06. The van der Waals surface area contributed by atoms with Crippen molar-refractivity contribution < 1.29 is 16.8 Å². The van der Waals surface area contributed by atoms with Gasteiger partial charge in [0, 0.05) is 19.6 Å². The van der Waals surface area contributed by atoms with Gasteiger partial charge in [0.2, 0.25) is 20.0 Å². The third kappa shape index (κ3) is 3.92. The molecule has 6 nitrogen and oxygen atoms in total. The van der Waals surface area contributed by atoms with Crippen molar-refractivity contribution in [2.75, 3.05) is 25.4 Å². The summed E-state index contributed by atoms with van der Waals surface area (Å²) in [6, 6.07) is 2.88. The Morgan fingerprint density at radius 2 is 1.85 bits per heavy atom. The summed E-state index contributed by atoms with van der Waals surface area (Å²) >= 11 is 6.62. The fourth-order valence-corrected chi connectivity index (χ4v) is 6.03. The predicted molar refractivity (Wildman–Crippen MR) is 79.1 cm³/mol. The maximum atomic E-state index is 11.9. The number of nitrogens with one attached hydrogen (secondary N) is 1. The molecule has 1 aliphatic heterocycles. The molecule has 2 rings (SSSR count). The van der Waals surface area contributed by atoms with Crippen LogP contribution in [0.4, 0.5) is 0 Å². The van der Waals surface area contributed by atoms with Gasteiger partial charge in [0.1, 0.15) is 4.21 Å². The molecular formula is C10H15ClN2O4S3. The van der Waals surface area contributed by atoms with E-state index in [1.165, 1.54) is 16.4 Å². The second kappa shape index (κ2) is 6.29. The molecule has 0 unspecified atom stereocenters. The van der Waals surface area contributed by atoms with Crippen molar-refractivity contribution in [2.45, 2.75) is 17.1 Å². The minimum Gasteiger partial charge on any atom is -0.212 e. The lowest BCUT2D eigenvalue weighted by Gasteiger charge is -2.15. The van der Waals surface area contributed by atoms with Gasteiger partial charge in [-0.05, 0) is 25.0 Å². The van der Waals surface area contributed by atoms with Crippen LogP contribution in [0.5, 0.6) is 0 Å². The van der Waals surface area contributed by atoms with Crippen molar-refractivity contribution in [3.05, 3.63) is 16.5 Å². The molecule has 114 valence electrons. The minimum atomic E-state index is -3.68. The molecule has 2 heterocycles. The van der Waals surface area contributed by atoms with E-state index in [-0.39, 0.29) is 16.5 Å². The van der Waals surface area contributed by atoms with Crippen molar-refractivity contribution in [2.24, 2.45) is 0 Å². The smallest absolute Gasteiger partial charge is 0.212 e. The van der Waals surface area contributed by atoms with Gasteiger partial charge in [-0.3, -0.25) is 0 Å². The Labute approximate surface area is 127 Å². The molecule has 1 saturated heterocycles. The average molecular weight is 359 g/mol. The van der Waals surface area contributed by atoms with Gasteiger partial charge in [-0.15, -0.1) is 11.3 Å². The van der Waals surface area contributed by atoms with E-state index in [4.69, 9.17) is 11.6 Å². The lowest BCUT2D eigenvalue weighted by molar-refractivity contribution is 0.477. The van der Waals surface area contributed by atoms with Crippen LogP contribution in [0.3, 0.4) is 0 Å². The fraction of sp³-hybridized carbons (Fsp3) is 0.600. The predicted octanol–water partition coefficient (Wildman–Crippen LogP) is 1.11. The quantitative estimate of drug-likeness (QED) is 0.825. The zero-order chi connectivity index (χ0) is 14.8. The Bertz CT molecular complexity index is 662. The summed E-state index contributed by atoms with van der Waals surface area (Å²) < 4.78 is 51.8. The van der Waals surface area contributed by atoms with E-state index in [2.05, 4.69) is 4.72 Å². The van der Waals surface area contributed by atoms with E-state index >= 15 is 0 Å². The Morgan fingerprint density at radius 1 is 1.20 bits per heavy atom. The lowest BCUT2D eigenvalue weighted by atomic mass is 10.4. The fourth-order valence-electron chi connectivity index (χ4n) is 1.91. The Kier molecular flexibility index (Phi) is 5.09. The highest BCUT2D eigenvalue weighted by Gasteiger charge is 2.25. The van der Waals surface area contributed by atoms with Crippen LogP contribution in [0.1, 0.15) is 12.8 Å². The molecule has 0 saturated carbocycles. The largest absolute Gasteiger partial charge is 0.250 e. The van der Waals surface area contributed by atoms with Gasteiger partial charge >= 0.3 is 0 Å². The van der Waals surface area contributed by atoms with Crippen molar-refractivity contribution in [1.29, 1.82) is 0 Å². The second-order valence-corrected chi connectivity index (χ2v) is 10.2. The van der Waals surface area contributed by atoms with Crippen LogP contribution < -0.4 is 4.72 Å². The maximum Gasteiger partial charge on any atom is 0.250 e. The van der Waals surface area contributed by atoms with Crippen LogP contribution in [-0.2, 0) is 20.0 Å². The van der Waals surface area contributed by atoms with Crippen LogP contribution in [0.2, 0.25) is 4.34 Å². The Morgan fingerprint density at radius 3 is 2.40 bits per heavy atom. The summed E-state index contributed by atoms with van der Waals surface area (Å²) in [5, 5.41) is 0. The summed E-state index contributed by atoms with van der Waals surface area (Å²) in [5.41, 5.74) is 0. The number of rotatable bonds is 6. The number of nitrogens with zero attached hydrogens (tertiary/aromatic N) is 1. The van der Waals surface area contributed by atoms with Gasteiger partial charge in [-0.25, -0.2) is 25.9 Å². The van der Waals surface area contributed by atoms with Gasteiger partial charge < -0.3 is 0 Å². The molecule has 0 bridgehead atoms. The Hall–Kier alpha value is -0.190. The maximum absolute atomic E-state index is 11.9. The molecule has 1 N–H and O–H groups in total. The van der Waals surface area contributed by atoms with E-state index < -0.39 is 20.0 Å². The molecule has 1 aliphatic rings. The topological polar surface area (TPSA) is 83.5 Å². The molecule has 20 heavy (non-hydrogen) atoms. The molecule has 0 aromatic carbocycles. The monoisotopic (exact) mass is 358 g/mol. The van der Waals surface area contributed by atoms with Gasteiger partial charge in [0.05, 0.1) is 10.1 Å². The number of hydrogen-bond acceptors (Lipinski definition) is 5. The van der Waals surface area contributed by atoms with E-state index in [0.29, 0.717) is 17.4 Å². The van der Waals surface area contributed by atoms with Crippen LogP contribution in [-0.4, -0.2) is 46.5 Å². The molecule has 1 fully saturated rings. The molecule has 0 amide bonds. The second-order valence-electron chi connectivity index (χ2n) is 4.38. The molecule has 1 aromatic heterocycles. The third-order valence-electron chi connectivity index (χ3n) is 2.92. The van der Waals surface area contributed by atoms with Crippen molar-refractivity contribution in [3.8, 4) is 0 Å². The zero-order valence-electron chi connectivity index (χ0n) is 10.6. The van der Waals surface area contributed by atoms with E-state index in [9.17, 15) is 16.8 Å². The molecule has 1 aromatic rings. The van der Waals surface area contributed by atoms with E-state index in [0.717, 1.165) is 24.2 Å². The highest BCUT2D eigenvalue weighted by molar-refractivity contribution is 7.92. The van der Waals surface area contributed by atoms with E-state index in [1.54, 1.807) is 0 Å². The molecular weight excluding hydrogens is 344 g/mol. The van der Waals surface area contributed by atoms with Gasteiger partial charge in [0.25, 0.3) is 0 Å². The first-order valence-corrected chi connectivity index (χ1v) is 10.3. The van der Waals surface area contributed by atoms with Crippen molar-refractivity contribution in [3.63, 3.8) is 0 Å². The van der Waals surface area contributed by atoms with Crippen molar-refractivity contribution >= 4 is 43.0 Å². The summed E-state index contributed by atoms with van der Waals surface area (Å²) in [6.07, 6.45) is 1.72. The molecule has 10 heteroatoms. The first kappa shape index (κ1) is 16.2. The summed E-state index contributed by atoms with van der Waals surface area (Å²) in [4.78, 5) is 0. The lowest BCUT2D eigenvalue weighted by Crippen LogP contribution is -2.36. The first-order valence-electron chi connectivity index (χ1n) is 6.04.